The van der Waals surface area contributed by atoms with Crippen LogP contribution >= 0.6 is 0 Å². The summed E-state index contributed by atoms with van der Waals surface area (Å²) in [4.78, 5) is 25.5. The van der Waals surface area contributed by atoms with Crippen LogP contribution in [0.5, 0.6) is 0 Å². The molecule has 1 N–H and O–H groups in total. The zero-order valence-corrected chi connectivity index (χ0v) is 17.6. The number of likely N-dealkylation sites (tertiary alicyclic amines) is 1. The van der Waals surface area contributed by atoms with Crippen molar-refractivity contribution in [3.05, 3.63) is 59.6 Å². The van der Waals surface area contributed by atoms with Crippen LogP contribution in [0.2, 0.25) is 12.6 Å². The molecule has 2 amide bonds. The molecule has 0 aromatic carbocycles. The number of nitrogens with one attached hydrogen (secondary N) is 1. The molecule has 160 valence electrons. The normalized spacial score (nSPS) is 26.6. The summed E-state index contributed by atoms with van der Waals surface area (Å²) in [5.41, 5.74) is 2.50. The Bertz CT molecular complexity index is 1260. The van der Waals surface area contributed by atoms with E-state index in [1.54, 1.807) is 23.7 Å². The van der Waals surface area contributed by atoms with Gasteiger partial charge < -0.3 is 14.6 Å². The van der Waals surface area contributed by atoms with Gasteiger partial charge in [0.2, 0.25) is 0 Å². The number of pyridine rings is 1. The molecular weight excluding hydrogens is 408 g/mol. The molecule has 8 nitrogen and oxygen atoms in total. The summed E-state index contributed by atoms with van der Waals surface area (Å²) >= 11 is 0. The zero-order valence-electron chi connectivity index (χ0n) is 17.6. The Morgan fingerprint density at radius 3 is 2.78 bits per heavy atom. The Hall–Kier alpha value is -3.61. The van der Waals surface area contributed by atoms with Crippen LogP contribution in [-0.4, -0.2) is 50.9 Å². The predicted molar refractivity (Wildman–Crippen MR) is 117 cm³/mol. The quantitative estimate of drug-likeness (QED) is 0.744. The Kier molecular flexibility index (Phi) is 4.15. The van der Waals surface area contributed by atoms with Crippen LogP contribution < -0.4 is 5.32 Å². The minimum atomic E-state index is -0.677. The van der Waals surface area contributed by atoms with Gasteiger partial charge in [-0.25, -0.2) is 24.4 Å². The third-order valence-electron chi connectivity index (χ3n) is 6.91. The maximum atomic E-state index is 14.5. The largest absolute Gasteiger partial charge is 0.370 e. The average Bonchev–Trinajstić information content (AvgIpc) is 3.45. The summed E-state index contributed by atoms with van der Waals surface area (Å²) in [5.74, 6) is 3.56. The Morgan fingerprint density at radius 2 is 2.03 bits per heavy atom. The van der Waals surface area contributed by atoms with Gasteiger partial charge in [0, 0.05) is 43.2 Å². The van der Waals surface area contributed by atoms with E-state index in [-0.39, 0.29) is 18.4 Å². The number of urea groups is 1. The predicted octanol–water partition coefficient (Wildman–Crippen LogP) is 2.73. The fourth-order valence-corrected chi connectivity index (χ4v) is 5.41. The van der Waals surface area contributed by atoms with Crippen LogP contribution in [0.15, 0.2) is 47.5 Å². The lowest BCUT2D eigenvalue weighted by Gasteiger charge is -2.33. The number of hydrogen-bond acceptors (Lipinski definition) is 5. The van der Waals surface area contributed by atoms with Gasteiger partial charge in [-0.05, 0) is 37.0 Å². The number of carbonyl (C=O) groups is 1. The standard InChI is InChI=1S/C22H21BFN7O/c1-13-7-30-8-14(4-18(24)21(30)26-13)20-27-19-3-2-17(11-31(19)22(32)28-20)29-9-15-5-23(12-25)6-16(15)10-29/h2-4,7-8,11,15-16,20H,5-6,9-10H2,1H3,(H,28,32). The molecule has 6 heterocycles. The molecule has 2 saturated heterocycles. The van der Waals surface area contributed by atoms with Gasteiger partial charge in [0.15, 0.2) is 17.6 Å². The van der Waals surface area contributed by atoms with Crippen molar-refractivity contribution in [3.8, 4) is 5.97 Å². The number of fused-ring (bicyclic) bond motifs is 3. The lowest BCUT2D eigenvalue weighted by atomic mass is 9.49. The van der Waals surface area contributed by atoms with Crippen molar-refractivity contribution in [2.24, 2.45) is 16.8 Å². The SMILES string of the molecule is Cc1cn2cc(C3N=C4C=CC(N5CC6CB(C#N)CC6C5)=CN4C(=O)N3)cc(F)c2n1. The first-order valence-electron chi connectivity index (χ1n) is 10.9. The number of amidine groups is 1. The highest BCUT2D eigenvalue weighted by molar-refractivity contribution is 6.67. The molecule has 0 spiro atoms. The van der Waals surface area contributed by atoms with Crippen molar-refractivity contribution < 1.29 is 9.18 Å². The molecule has 32 heavy (non-hydrogen) atoms. The van der Waals surface area contributed by atoms with E-state index < -0.39 is 12.0 Å². The number of amides is 2. The monoisotopic (exact) mass is 429 g/mol. The average molecular weight is 429 g/mol. The molecule has 2 fully saturated rings. The van der Waals surface area contributed by atoms with Gasteiger partial charge in [0.05, 0.1) is 11.4 Å². The fourth-order valence-electron chi connectivity index (χ4n) is 5.41. The number of aromatic nitrogens is 2. The number of allylic oxidation sites excluding steroid dienone is 1. The highest BCUT2D eigenvalue weighted by Crippen LogP contribution is 2.40. The summed E-state index contributed by atoms with van der Waals surface area (Å²) in [6.07, 6.45) is 10.4. The number of carbonyl (C=O) groups excluding carboxylic acids is 1. The van der Waals surface area contributed by atoms with Crippen LogP contribution in [0.3, 0.4) is 0 Å². The molecule has 4 aliphatic rings. The highest BCUT2D eigenvalue weighted by Gasteiger charge is 2.43. The van der Waals surface area contributed by atoms with Crippen LogP contribution in [0.25, 0.3) is 5.65 Å². The van der Waals surface area contributed by atoms with E-state index in [2.05, 4.69) is 26.2 Å². The van der Waals surface area contributed by atoms with Crippen LogP contribution in [-0.2, 0) is 0 Å². The summed E-state index contributed by atoms with van der Waals surface area (Å²) in [6.45, 7) is 3.81. The van der Waals surface area contributed by atoms with E-state index in [1.165, 1.54) is 11.0 Å². The lowest BCUT2D eigenvalue weighted by Crippen LogP contribution is -2.47. The van der Waals surface area contributed by atoms with Gasteiger partial charge in [-0.2, -0.15) is 0 Å². The lowest BCUT2D eigenvalue weighted by molar-refractivity contribution is 0.221. The number of hydrogen-bond donors (Lipinski definition) is 1. The summed E-state index contributed by atoms with van der Waals surface area (Å²) in [7, 11) is 0. The number of halogens is 1. The number of nitriles is 1. The second-order valence-electron chi connectivity index (χ2n) is 9.05. The van der Waals surface area contributed by atoms with Crippen molar-refractivity contribution in [3.63, 3.8) is 0 Å². The first-order valence-corrected chi connectivity index (χ1v) is 10.9. The van der Waals surface area contributed by atoms with Crippen LogP contribution in [0.1, 0.15) is 17.4 Å². The van der Waals surface area contributed by atoms with Gasteiger partial charge >= 0.3 is 6.03 Å². The van der Waals surface area contributed by atoms with Gasteiger partial charge in [0.1, 0.15) is 5.84 Å². The second-order valence-corrected chi connectivity index (χ2v) is 9.05. The van der Waals surface area contributed by atoms with Crippen molar-refractivity contribution in [2.45, 2.75) is 25.7 Å². The number of rotatable bonds is 2. The van der Waals surface area contributed by atoms with Gasteiger partial charge in [-0.1, -0.05) is 12.6 Å². The highest BCUT2D eigenvalue weighted by atomic mass is 19.1. The molecule has 2 aromatic heterocycles. The third kappa shape index (κ3) is 2.99. The van der Waals surface area contributed by atoms with E-state index in [0.29, 0.717) is 28.9 Å². The third-order valence-corrected chi connectivity index (χ3v) is 6.91. The van der Waals surface area contributed by atoms with E-state index in [1.807, 2.05) is 18.4 Å². The minimum absolute atomic E-state index is 0.182. The van der Waals surface area contributed by atoms with E-state index in [9.17, 15) is 14.4 Å². The first kappa shape index (κ1) is 19.1. The number of imidazole rings is 1. The number of nitrogens with zero attached hydrogens (tertiary/aromatic N) is 6. The maximum Gasteiger partial charge on any atom is 0.329 e. The second kappa shape index (κ2) is 6.95. The molecule has 0 saturated carbocycles. The molecule has 4 aliphatic heterocycles. The molecule has 2 aromatic rings. The van der Waals surface area contributed by atoms with E-state index in [0.717, 1.165) is 31.4 Å². The maximum absolute atomic E-state index is 14.5. The molecule has 10 heteroatoms. The molecular formula is C22H21BFN7O. The van der Waals surface area contributed by atoms with Gasteiger partial charge in [-0.3, -0.25) is 4.90 Å². The number of aryl methyl sites for hydroxylation is 1. The van der Waals surface area contributed by atoms with Crippen LogP contribution in [0, 0.1) is 35.8 Å². The van der Waals surface area contributed by atoms with Gasteiger partial charge in [-0.15, -0.1) is 0 Å². The first-order chi connectivity index (χ1) is 15.5. The zero-order chi connectivity index (χ0) is 22.0. The van der Waals surface area contributed by atoms with Crippen LogP contribution in [0.4, 0.5) is 9.18 Å². The molecule has 0 radical (unpaired) electrons. The Morgan fingerprint density at radius 1 is 1.25 bits per heavy atom. The molecule has 3 atom stereocenters. The topological polar surface area (TPSA) is 89.0 Å². The van der Waals surface area contributed by atoms with Crippen molar-refractivity contribution >= 4 is 24.2 Å². The van der Waals surface area contributed by atoms with Gasteiger partial charge in [0.25, 0.3) is 6.71 Å². The summed E-state index contributed by atoms with van der Waals surface area (Å²) in [6, 6.07) is 1.07. The molecule has 3 unspecified atom stereocenters. The number of aliphatic imine (C=N–C) groups is 1. The fraction of sp³-hybridized carbons (Fsp3) is 0.364. The molecule has 0 bridgehead atoms. The van der Waals surface area contributed by atoms with Crippen molar-refractivity contribution in [1.82, 2.24) is 24.5 Å². The smallest absolute Gasteiger partial charge is 0.329 e. The molecule has 0 aliphatic carbocycles. The summed E-state index contributed by atoms with van der Waals surface area (Å²) < 4.78 is 16.1. The minimum Gasteiger partial charge on any atom is -0.370 e. The Labute approximate surface area is 184 Å². The van der Waals surface area contributed by atoms with E-state index in [4.69, 9.17) is 0 Å². The van der Waals surface area contributed by atoms with E-state index >= 15 is 0 Å². The molecule has 6 rings (SSSR count). The van der Waals surface area contributed by atoms with Crippen molar-refractivity contribution in [2.75, 3.05) is 13.1 Å². The Balaban J connectivity index is 1.24. The van der Waals surface area contributed by atoms with Crippen molar-refractivity contribution in [1.29, 1.82) is 5.26 Å². The summed E-state index contributed by atoms with van der Waals surface area (Å²) in [5, 5.41) is 12.1.